The third-order valence-electron chi connectivity index (χ3n) is 5.41. The van der Waals surface area contributed by atoms with Gasteiger partial charge < -0.3 is 10.0 Å². The fourth-order valence-electron chi connectivity index (χ4n) is 3.61. The first-order chi connectivity index (χ1) is 15.7. The topological polar surface area (TPSA) is 41.3 Å². The average Bonchev–Trinajstić information content (AvgIpc) is 3.22. The van der Waals surface area contributed by atoms with Crippen LogP contribution in [0.25, 0.3) is 16.6 Å². The lowest BCUT2D eigenvalue weighted by Crippen LogP contribution is -2.50. The predicted molar refractivity (Wildman–Crippen MR) is 119 cm³/mol. The zero-order chi connectivity index (χ0) is 23.6. The lowest BCUT2D eigenvalue weighted by Gasteiger charge is -2.35. The monoisotopic (exact) mass is 455 g/mol. The number of nitrogens with zero attached hydrogens (tertiary/aromatic N) is 3. The van der Waals surface area contributed by atoms with E-state index in [1.807, 2.05) is 0 Å². The Kier molecular flexibility index (Phi) is 5.95. The molecule has 1 aliphatic rings. The zero-order valence-electron chi connectivity index (χ0n) is 17.5. The molecular weight excluding hydrogens is 434 g/mol. The van der Waals surface area contributed by atoms with E-state index in [9.17, 15) is 22.7 Å². The van der Waals surface area contributed by atoms with Gasteiger partial charge in [0.15, 0.2) is 0 Å². The molecular formula is C25H21F4N3O. The highest BCUT2D eigenvalue weighted by Crippen LogP contribution is 2.41. The van der Waals surface area contributed by atoms with Crippen molar-refractivity contribution >= 4 is 10.9 Å². The first-order valence-electron chi connectivity index (χ1n) is 10.1. The number of aliphatic hydroxyl groups is 1. The van der Waals surface area contributed by atoms with E-state index >= 15 is 0 Å². The van der Waals surface area contributed by atoms with Crippen molar-refractivity contribution in [1.82, 2.24) is 14.7 Å². The molecule has 0 saturated carbocycles. The fraction of sp³-hybridized carbons (Fsp3) is 0.160. The van der Waals surface area contributed by atoms with Gasteiger partial charge in [0.05, 0.1) is 23.9 Å². The summed E-state index contributed by atoms with van der Waals surface area (Å²) in [5.74, 6) is -0.407. The molecule has 4 rings (SSSR count). The minimum absolute atomic E-state index is 0.178. The molecule has 4 nitrogen and oxygen atoms in total. The first kappa shape index (κ1) is 22.5. The molecule has 0 radical (unpaired) electrons. The Morgan fingerprint density at radius 1 is 1.03 bits per heavy atom. The molecule has 1 aliphatic heterocycles. The summed E-state index contributed by atoms with van der Waals surface area (Å²) in [5, 5.41) is 15.6. The molecule has 0 spiro atoms. The Morgan fingerprint density at radius 3 is 2.52 bits per heavy atom. The lowest BCUT2D eigenvalue weighted by molar-refractivity contribution is -0.269. The number of hydrogen-bond acceptors (Lipinski definition) is 3. The summed E-state index contributed by atoms with van der Waals surface area (Å²) in [4.78, 5) is 1.38. The van der Waals surface area contributed by atoms with Crippen LogP contribution in [0.1, 0.15) is 5.56 Å². The number of β-amino-alcohol motifs (C(OH)–C–C–N with tert-alkyl or cyclic N) is 1. The van der Waals surface area contributed by atoms with Crippen molar-refractivity contribution in [3.8, 4) is 5.69 Å². The molecule has 0 fully saturated rings. The third kappa shape index (κ3) is 4.61. The maximum absolute atomic E-state index is 14.2. The number of allylic oxidation sites excluding steroid dienone is 5. The molecule has 33 heavy (non-hydrogen) atoms. The number of hydrogen-bond donors (Lipinski definition) is 1. The molecule has 8 heteroatoms. The fourth-order valence-corrected chi connectivity index (χ4v) is 3.61. The second-order valence-electron chi connectivity index (χ2n) is 7.77. The Hall–Kier alpha value is -3.65. The minimum atomic E-state index is -4.93. The van der Waals surface area contributed by atoms with Gasteiger partial charge in [-0.3, -0.25) is 0 Å². The van der Waals surface area contributed by atoms with Gasteiger partial charge in [-0.15, -0.1) is 0 Å². The van der Waals surface area contributed by atoms with Crippen LogP contribution in [0, 0.1) is 5.82 Å². The summed E-state index contributed by atoms with van der Waals surface area (Å²) in [6, 6.07) is 9.59. The third-order valence-corrected chi connectivity index (χ3v) is 5.41. The van der Waals surface area contributed by atoms with Gasteiger partial charge in [-0.1, -0.05) is 36.9 Å². The molecule has 0 amide bonds. The second kappa shape index (κ2) is 8.71. The zero-order valence-corrected chi connectivity index (χ0v) is 17.5. The van der Waals surface area contributed by atoms with Gasteiger partial charge in [0, 0.05) is 18.1 Å². The van der Waals surface area contributed by atoms with E-state index in [1.165, 1.54) is 64.4 Å². The van der Waals surface area contributed by atoms with E-state index < -0.39 is 24.1 Å². The van der Waals surface area contributed by atoms with E-state index in [2.05, 4.69) is 11.7 Å². The van der Waals surface area contributed by atoms with E-state index in [1.54, 1.807) is 30.4 Å². The number of fused-ring (bicyclic) bond motifs is 1. The number of halogens is 4. The van der Waals surface area contributed by atoms with Crippen LogP contribution in [-0.2, 0) is 5.60 Å². The Labute approximate surface area is 188 Å². The van der Waals surface area contributed by atoms with Crippen LogP contribution in [0.5, 0.6) is 0 Å². The molecule has 2 aromatic carbocycles. The second-order valence-corrected chi connectivity index (χ2v) is 7.77. The van der Waals surface area contributed by atoms with Crippen LogP contribution in [0.15, 0.2) is 97.4 Å². The highest BCUT2D eigenvalue weighted by molar-refractivity contribution is 5.81. The summed E-state index contributed by atoms with van der Waals surface area (Å²) < 4.78 is 57.3. The summed E-state index contributed by atoms with van der Waals surface area (Å²) in [5.41, 5.74) is -1.71. The van der Waals surface area contributed by atoms with Crippen molar-refractivity contribution in [2.75, 3.05) is 13.1 Å². The summed E-state index contributed by atoms with van der Waals surface area (Å²) in [6.45, 7) is 3.28. The van der Waals surface area contributed by atoms with Crippen molar-refractivity contribution < 1.29 is 22.7 Å². The van der Waals surface area contributed by atoms with Gasteiger partial charge in [-0.2, -0.15) is 18.3 Å². The number of benzene rings is 2. The molecule has 1 atom stereocenters. The molecule has 0 aliphatic carbocycles. The number of rotatable bonds is 4. The van der Waals surface area contributed by atoms with Gasteiger partial charge >= 0.3 is 6.18 Å². The largest absolute Gasteiger partial charge is 0.423 e. The Morgan fingerprint density at radius 2 is 1.79 bits per heavy atom. The van der Waals surface area contributed by atoms with E-state index in [0.717, 1.165) is 0 Å². The van der Waals surface area contributed by atoms with Crippen molar-refractivity contribution in [2.45, 2.75) is 11.8 Å². The molecule has 3 aromatic rings. The Bertz CT molecular complexity index is 1250. The smallest absolute Gasteiger partial charge is 0.375 e. The van der Waals surface area contributed by atoms with Crippen LogP contribution in [0.2, 0.25) is 0 Å². The van der Waals surface area contributed by atoms with Gasteiger partial charge in [0.2, 0.25) is 5.60 Å². The molecule has 2 heterocycles. The maximum Gasteiger partial charge on any atom is 0.423 e. The van der Waals surface area contributed by atoms with Crippen LogP contribution >= 0.6 is 0 Å². The molecule has 1 N–H and O–H groups in total. The van der Waals surface area contributed by atoms with Crippen molar-refractivity contribution in [3.63, 3.8) is 0 Å². The summed E-state index contributed by atoms with van der Waals surface area (Å²) >= 11 is 0. The summed E-state index contributed by atoms with van der Waals surface area (Å²) in [7, 11) is 0. The van der Waals surface area contributed by atoms with E-state index in [0.29, 0.717) is 22.2 Å². The normalized spacial score (nSPS) is 19.4. The van der Waals surface area contributed by atoms with Crippen LogP contribution in [-0.4, -0.2) is 39.1 Å². The quantitative estimate of drug-likeness (QED) is 0.535. The van der Waals surface area contributed by atoms with E-state index in [4.69, 9.17) is 0 Å². The SMILES string of the molecule is C=C1/C=C\C=C/CN(CC(O)(c2ccc3c(cnn3-c3ccc(F)cc3)c2)C(F)(F)F)/C=C\1. The number of alkyl halides is 3. The summed E-state index contributed by atoms with van der Waals surface area (Å²) in [6.07, 6.45) is 6.47. The van der Waals surface area contributed by atoms with Crippen molar-refractivity contribution in [2.24, 2.45) is 0 Å². The predicted octanol–water partition coefficient (Wildman–Crippen LogP) is 5.41. The van der Waals surface area contributed by atoms with Crippen LogP contribution in [0.4, 0.5) is 17.6 Å². The minimum Gasteiger partial charge on any atom is -0.375 e. The number of aromatic nitrogens is 2. The molecule has 170 valence electrons. The van der Waals surface area contributed by atoms with Crippen molar-refractivity contribution in [3.05, 3.63) is 109 Å². The van der Waals surface area contributed by atoms with Crippen LogP contribution in [0.3, 0.4) is 0 Å². The highest BCUT2D eigenvalue weighted by Gasteiger charge is 2.55. The molecule has 0 bridgehead atoms. The standard InChI is InChI=1S/C25H21F4N3O/c1-18-5-3-2-4-13-31(14-12-18)17-24(33,25(27,28)29)20-6-11-23-19(15-20)16-30-32(23)22-9-7-21(26)8-10-22/h2-12,14-16,33H,1,13,17H2/b4-2-,5-3-,14-12-. The Balaban J connectivity index is 1.71. The van der Waals surface area contributed by atoms with E-state index in [-0.39, 0.29) is 12.1 Å². The molecule has 0 saturated heterocycles. The van der Waals surface area contributed by atoms with Gasteiger partial charge in [-0.25, -0.2) is 9.07 Å². The first-order valence-corrected chi connectivity index (χ1v) is 10.1. The van der Waals surface area contributed by atoms with Gasteiger partial charge in [0.25, 0.3) is 0 Å². The maximum atomic E-state index is 14.2. The lowest BCUT2D eigenvalue weighted by atomic mass is 9.91. The highest BCUT2D eigenvalue weighted by atomic mass is 19.4. The van der Waals surface area contributed by atoms with Gasteiger partial charge in [-0.05, 0) is 53.6 Å². The van der Waals surface area contributed by atoms with Crippen molar-refractivity contribution in [1.29, 1.82) is 0 Å². The van der Waals surface area contributed by atoms with Gasteiger partial charge in [0.1, 0.15) is 5.82 Å². The average molecular weight is 455 g/mol. The van der Waals surface area contributed by atoms with Crippen LogP contribution < -0.4 is 0 Å². The molecule has 1 unspecified atom stereocenters. The molecule has 1 aromatic heterocycles.